The number of allylic oxidation sites excluding steroid dienone is 2. The Kier molecular flexibility index (Phi) is 6.16. The zero-order valence-electron chi connectivity index (χ0n) is 18.6. The Morgan fingerprint density at radius 3 is 2.50 bits per heavy atom. The third kappa shape index (κ3) is 3.68. The molecule has 0 saturated heterocycles. The standard InChI is InChI=1S/C23H27NO7S/c1-11(25)24-15(21(29)30)10-32-17-9-16(26)22(2,3)20-19(28)18(27)13-7-6-12(31-5)8-14(13)23(17,20)4/h6-8,15,17,28H,9-10H2,1-5H3,(H,24,25)(H,29,30). The Labute approximate surface area is 190 Å². The van der Waals surface area contributed by atoms with Crippen molar-refractivity contribution in [3.63, 3.8) is 0 Å². The summed E-state index contributed by atoms with van der Waals surface area (Å²) in [6.07, 6.45) is 0.113. The zero-order chi connectivity index (χ0) is 24.0. The number of ketones is 2. The number of carbonyl (C=O) groups is 4. The van der Waals surface area contributed by atoms with Gasteiger partial charge in [-0.15, -0.1) is 0 Å². The molecule has 0 bridgehead atoms. The van der Waals surface area contributed by atoms with E-state index in [0.29, 0.717) is 22.4 Å². The summed E-state index contributed by atoms with van der Waals surface area (Å²) >= 11 is 1.23. The largest absolute Gasteiger partial charge is 0.504 e. The number of aliphatic hydroxyl groups excluding tert-OH is 1. The Hall–Kier alpha value is -2.81. The molecular weight excluding hydrogens is 434 g/mol. The number of thioether (sulfide) groups is 1. The zero-order valence-corrected chi connectivity index (χ0v) is 19.5. The molecule has 0 aliphatic heterocycles. The fourth-order valence-corrected chi connectivity index (χ4v) is 6.30. The van der Waals surface area contributed by atoms with Crippen molar-refractivity contribution < 1.29 is 34.1 Å². The van der Waals surface area contributed by atoms with Crippen LogP contribution in [0.25, 0.3) is 0 Å². The number of carboxylic acids is 1. The van der Waals surface area contributed by atoms with E-state index in [2.05, 4.69) is 5.32 Å². The number of hydrogen-bond acceptors (Lipinski definition) is 7. The highest BCUT2D eigenvalue weighted by molar-refractivity contribution is 8.00. The maximum atomic E-state index is 13.1. The lowest BCUT2D eigenvalue weighted by Gasteiger charge is -2.52. The quantitative estimate of drug-likeness (QED) is 0.589. The lowest BCUT2D eigenvalue weighted by Crippen LogP contribution is -2.54. The summed E-state index contributed by atoms with van der Waals surface area (Å²) in [6, 6.07) is 3.83. The first kappa shape index (κ1) is 23.8. The summed E-state index contributed by atoms with van der Waals surface area (Å²) in [5, 5.41) is 22.4. The van der Waals surface area contributed by atoms with Crippen LogP contribution in [0.4, 0.5) is 0 Å². The molecule has 2 aliphatic rings. The topological polar surface area (TPSA) is 130 Å². The van der Waals surface area contributed by atoms with Gasteiger partial charge in [-0.05, 0) is 37.6 Å². The van der Waals surface area contributed by atoms with E-state index in [-0.39, 0.29) is 18.0 Å². The first-order valence-corrected chi connectivity index (χ1v) is 11.2. The maximum Gasteiger partial charge on any atom is 0.327 e. The van der Waals surface area contributed by atoms with Crippen LogP contribution in [0.1, 0.15) is 50.0 Å². The highest BCUT2D eigenvalue weighted by Gasteiger charge is 2.58. The van der Waals surface area contributed by atoms with Crippen LogP contribution < -0.4 is 10.1 Å². The third-order valence-corrected chi connectivity index (χ3v) is 8.04. The summed E-state index contributed by atoms with van der Waals surface area (Å²) in [4.78, 5) is 49.1. The number of amides is 1. The van der Waals surface area contributed by atoms with Crippen molar-refractivity contribution >= 4 is 35.2 Å². The number of rotatable bonds is 6. The van der Waals surface area contributed by atoms with E-state index in [1.165, 1.54) is 25.8 Å². The van der Waals surface area contributed by atoms with Gasteiger partial charge < -0.3 is 20.3 Å². The van der Waals surface area contributed by atoms with Gasteiger partial charge in [0.15, 0.2) is 5.76 Å². The van der Waals surface area contributed by atoms with Crippen molar-refractivity contribution in [3.8, 4) is 5.75 Å². The lowest BCUT2D eigenvalue weighted by molar-refractivity contribution is -0.140. The van der Waals surface area contributed by atoms with Gasteiger partial charge in [0.2, 0.25) is 11.7 Å². The van der Waals surface area contributed by atoms with Crippen LogP contribution in [0.5, 0.6) is 5.75 Å². The van der Waals surface area contributed by atoms with Crippen molar-refractivity contribution in [3.05, 3.63) is 40.7 Å². The molecule has 3 unspecified atom stereocenters. The first-order valence-electron chi connectivity index (χ1n) is 10.2. The number of ether oxygens (including phenoxy) is 1. The molecule has 3 rings (SSSR count). The average Bonchev–Trinajstić information content (AvgIpc) is 2.72. The Balaban J connectivity index is 2.15. The van der Waals surface area contributed by atoms with Crippen LogP contribution in [0.2, 0.25) is 0 Å². The molecule has 9 heteroatoms. The van der Waals surface area contributed by atoms with Crippen molar-refractivity contribution in [2.45, 2.75) is 50.8 Å². The minimum atomic E-state index is -1.18. The van der Waals surface area contributed by atoms with E-state index in [1.807, 2.05) is 6.92 Å². The number of hydrogen-bond donors (Lipinski definition) is 3. The molecule has 32 heavy (non-hydrogen) atoms. The molecule has 1 aromatic carbocycles. The van der Waals surface area contributed by atoms with Gasteiger partial charge >= 0.3 is 5.97 Å². The molecule has 1 amide bonds. The number of fused-ring (bicyclic) bond motifs is 3. The fraction of sp³-hybridized carbons (Fsp3) is 0.478. The number of Topliss-reactive ketones (excluding diaryl/α,β-unsaturated/α-hetero) is 2. The lowest BCUT2D eigenvalue weighted by atomic mass is 9.54. The Morgan fingerprint density at radius 1 is 1.28 bits per heavy atom. The molecule has 172 valence electrons. The molecule has 0 aromatic heterocycles. The average molecular weight is 462 g/mol. The summed E-state index contributed by atoms with van der Waals surface area (Å²) < 4.78 is 5.36. The van der Waals surface area contributed by atoms with Gasteiger partial charge in [0.1, 0.15) is 17.6 Å². The van der Waals surface area contributed by atoms with E-state index in [9.17, 15) is 29.4 Å². The van der Waals surface area contributed by atoms with Crippen LogP contribution >= 0.6 is 11.8 Å². The number of benzene rings is 1. The van der Waals surface area contributed by atoms with E-state index >= 15 is 0 Å². The van der Waals surface area contributed by atoms with Gasteiger partial charge in [0.25, 0.3) is 0 Å². The van der Waals surface area contributed by atoms with Gasteiger partial charge in [-0.3, -0.25) is 14.4 Å². The summed E-state index contributed by atoms with van der Waals surface area (Å²) in [7, 11) is 1.51. The first-order chi connectivity index (χ1) is 14.8. The minimum Gasteiger partial charge on any atom is -0.504 e. The highest BCUT2D eigenvalue weighted by Crippen LogP contribution is 2.58. The molecule has 1 saturated carbocycles. The van der Waals surface area contributed by atoms with Crippen LogP contribution in [-0.2, 0) is 19.8 Å². The summed E-state index contributed by atoms with van der Waals surface area (Å²) in [6.45, 7) is 6.48. The molecular formula is C23H27NO7S. The molecule has 8 nitrogen and oxygen atoms in total. The number of aliphatic carboxylic acids is 1. The second kappa shape index (κ2) is 8.27. The summed E-state index contributed by atoms with van der Waals surface area (Å²) in [5.74, 6) is -2.25. The molecule has 0 spiro atoms. The molecule has 3 atom stereocenters. The van der Waals surface area contributed by atoms with Crippen molar-refractivity contribution in [2.24, 2.45) is 5.41 Å². The maximum absolute atomic E-state index is 13.1. The fourth-order valence-electron chi connectivity index (χ4n) is 4.80. The third-order valence-electron chi connectivity index (χ3n) is 6.48. The minimum absolute atomic E-state index is 0.0180. The smallest absolute Gasteiger partial charge is 0.327 e. The van der Waals surface area contributed by atoms with E-state index in [1.54, 1.807) is 32.0 Å². The number of carboxylic acid groups (broad SMARTS) is 1. The molecule has 3 N–H and O–H groups in total. The predicted octanol–water partition coefficient (Wildman–Crippen LogP) is 2.65. The highest BCUT2D eigenvalue weighted by atomic mass is 32.2. The van der Waals surface area contributed by atoms with E-state index in [4.69, 9.17) is 4.74 Å². The van der Waals surface area contributed by atoms with E-state index < -0.39 is 45.5 Å². The van der Waals surface area contributed by atoms with Gasteiger partial charge in [0.05, 0.1) is 7.11 Å². The summed E-state index contributed by atoms with van der Waals surface area (Å²) in [5.41, 5.74) is -0.753. The van der Waals surface area contributed by atoms with Crippen molar-refractivity contribution in [2.75, 3.05) is 12.9 Å². The van der Waals surface area contributed by atoms with Gasteiger partial charge in [-0.2, -0.15) is 11.8 Å². The normalized spacial score (nSPS) is 25.0. The molecule has 0 heterocycles. The van der Waals surface area contributed by atoms with Crippen molar-refractivity contribution in [1.29, 1.82) is 0 Å². The molecule has 1 fully saturated rings. The van der Waals surface area contributed by atoms with Crippen LogP contribution in [0.3, 0.4) is 0 Å². The van der Waals surface area contributed by atoms with E-state index in [0.717, 1.165) is 0 Å². The Morgan fingerprint density at radius 2 is 1.94 bits per heavy atom. The second-order valence-electron chi connectivity index (χ2n) is 8.83. The number of aliphatic hydroxyl groups is 1. The number of nitrogens with one attached hydrogen (secondary N) is 1. The van der Waals surface area contributed by atoms with Crippen LogP contribution in [-0.4, -0.2) is 57.8 Å². The van der Waals surface area contributed by atoms with Crippen molar-refractivity contribution in [1.82, 2.24) is 5.32 Å². The van der Waals surface area contributed by atoms with Gasteiger partial charge in [0, 0.05) is 46.3 Å². The van der Waals surface area contributed by atoms with Crippen LogP contribution in [0, 0.1) is 5.41 Å². The molecule has 2 aliphatic carbocycles. The second-order valence-corrected chi connectivity index (χ2v) is 10.1. The SMILES string of the molecule is COc1ccc2c(c1)C1(C)C(=C(O)C2=O)C(C)(C)C(=O)CC1SCC(NC(C)=O)C(=O)O. The van der Waals surface area contributed by atoms with Gasteiger partial charge in [-0.1, -0.05) is 6.92 Å². The molecule has 0 radical (unpaired) electrons. The number of carbonyl (C=O) groups excluding carboxylic acids is 3. The monoisotopic (exact) mass is 461 g/mol. The van der Waals surface area contributed by atoms with Crippen LogP contribution in [0.15, 0.2) is 29.5 Å². The predicted molar refractivity (Wildman–Crippen MR) is 119 cm³/mol. The van der Waals surface area contributed by atoms with Gasteiger partial charge in [-0.25, -0.2) is 4.79 Å². The Bertz CT molecular complexity index is 1040. The number of methoxy groups -OCH3 is 1. The molecule has 1 aromatic rings.